The Labute approximate surface area is 83.6 Å². The topological polar surface area (TPSA) is 41.6 Å². The van der Waals surface area contributed by atoms with E-state index >= 15 is 0 Å². The molecule has 0 aromatic heterocycles. The number of nitrogens with two attached hydrogens (primary N) is 1. The molecule has 3 heteroatoms. The maximum atomic E-state index is 5.72. The van der Waals surface area contributed by atoms with Gasteiger partial charge in [0.1, 0.15) is 0 Å². The first-order valence-corrected chi connectivity index (χ1v) is 4.47. The number of aliphatic imine (C=N–C) groups is 1. The highest BCUT2D eigenvalue weighted by Gasteiger charge is 2.17. The Hall–Kier alpha value is -1.77. The summed E-state index contributed by atoms with van der Waals surface area (Å²) in [6.45, 7) is 5.92. The number of benzene rings is 1. The minimum Gasteiger partial charge on any atom is -0.399 e. The number of hydrogen-bond acceptors (Lipinski definition) is 3. The number of fused-ring (bicyclic) bond motifs is 1. The quantitative estimate of drug-likeness (QED) is 0.633. The SMILES string of the molecule is C=C1C(C)=Nc2ccc(N)cc2N1C. The third kappa shape index (κ3) is 1.18. The molecule has 1 aliphatic heterocycles. The largest absolute Gasteiger partial charge is 0.399 e. The van der Waals surface area contributed by atoms with Gasteiger partial charge in [-0.05, 0) is 25.1 Å². The van der Waals surface area contributed by atoms with E-state index in [0.717, 1.165) is 28.5 Å². The fraction of sp³-hybridized carbons (Fsp3) is 0.182. The molecule has 1 aromatic rings. The van der Waals surface area contributed by atoms with Crippen LogP contribution in [0, 0.1) is 0 Å². The highest BCUT2D eigenvalue weighted by Crippen LogP contribution is 2.35. The maximum absolute atomic E-state index is 5.72. The first-order chi connectivity index (χ1) is 6.59. The molecule has 0 saturated heterocycles. The minimum absolute atomic E-state index is 0.748. The summed E-state index contributed by atoms with van der Waals surface area (Å²) in [6.07, 6.45) is 0. The van der Waals surface area contributed by atoms with Crippen LogP contribution in [-0.2, 0) is 0 Å². The van der Waals surface area contributed by atoms with Gasteiger partial charge in [-0.3, -0.25) is 0 Å². The number of anilines is 2. The van der Waals surface area contributed by atoms with Crippen LogP contribution in [0.3, 0.4) is 0 Å². The molecule has 72 valence electrons. The standard InChI is InChI=1S/C11H13N3/c1-7-8(2)14(3)11-6-9(12)4-5-10(11)13-7/h4-6H,2,12H2,1,3H3. The van der Waals surface area contributed by atoms with Crippen molar-refractivity contribution < 1.29 is 0 Å². The van der Waals surface area contributed by atoms with Crippen LogP contribution in [0.5, 0.6) is 0 Å². The summed E-state index contributed by atoms with van der Waals surface area (Å²) in [4.78, 5) is 6.45. The van der Waals surface area contributed by atoms with E-state index in [2.05, 4.69) is 11.6 Å². The molecule has 0 amide bonds. The normalized spacial score (nSPS) is 15.1. The molecule has 0 bridgehead atoms. The molecule has 0 radical (unpaired) electrons. The van der Waals surface area contributed by atoms with Crippen LogP contribution in [0.1, 0.15) is 6.92 Å². The number of nitrogen functional groups attached to an aromatic ring is 1. The lowest BCUT2D eigenvalue weighted by atomic mass is 10.1. The zero-order chi connectivity index (χ0) is 10.3. The van der Waals surface area contributed by atoms with E-state index in [1.165, 1.54) is 0 Å². The van der Waals surface area contributed by atoms with Crippen LogP contribution in [0.4, 0.5) is 17.1 Å². The molecule has 1 heterocycles. The number of hydrogen-bond donors (Lipinski definition) is 1. The average molecular weight is 187 g/mol. The molecule has 2 rings (SSSR count). The second-order valence-electron chi connectivity index (χ2n) is 3.45. The highest BCUT2D eigenvalue weighted by atomic mass is 15.2. The van der Waals surface area contributed by atoms with Crippen molar-refractivity contribution in [3.63, 3.8) is 0 Å². The van der Waals surface area contributed by atoms with Gasteiger partial charge < -0.3 is 10.6 Å². The first kappa shape index (κ1) is 8.81. The number of nitrogens with zero attached hydrogens (tertiary/aromatic N) is 2. The van der Waals surface area contributed by atoms with Crippen molar-refractivity contribution in [2.75, 3.05) is 17.7 Å². The second-order valence-corrected chi connectivity index (χ2v) is 3.45. The summed E-state index contributed by atoms with van der Waals surface area (Å²) in [5, 5.41) is 0. The Bertz CT molecular complexity index is 432. The zero-order valence-corrected chi connectivity index (χ0v) is 8.41. The van der Waals surface area contributed by atoms with E-state index in [0.29, 0.717) is 0 Å². The van der Waals surface area contributed by atoms with Crippen molar-refractivity contribution in [1.82, 2.24) is 0 Å². The van der Waals surface area contributed by atoms with Crippen molar-refractivity contribution in [1.29, 1.82) is 0 Å². The van der Waals surface area contributed by atoms with Gasteiger partial charge in [-0.25, -0.2) is 4.99 Å². The third-order valence-electron chi connectivity index (χ3n) is 2.47. The molecule has 0 unspecified atom stereocenters. The molecule has 0 spiro atoms. The molecular formula is C11H13N3. The van der Waals surface area contributed by atoms with Crippen LogP contribution in [-0.4, -0.2) is 12.8 Å². The van der Waals surface area contributed by atoms with E-state index in [1.54, 1.807) is 0 Å². The lowest BCUT2D eigenvalue weighted by molar-refractivity contribution is 1.13. The first-order valence-electron chi connectivity index (χ1n) is 4.47. The van der Waals surface area contributed by atoms with Gasteiger partial charge >= 0.3 is 0 Å². The monoisotopic (exact) mass is 187 g/mol. The summed E-state index contributed by atoms with van der Waals surface area (Å²) < 4.78 is 0. The molecule has 1 aromatic carbocycles. The van der Waals surface area contributed by atoms with Crippen molar-refractivity contribution in [3.8, 4) is 0 Å². The van der Waals surface area contributed by atoms with Crippen LogP contribution in [0.2, 0.25) is 0 Å². The van der Waals surface area contributed by atoms with Crippen LogP contribution in [0.15, 0.2) is 35.5 Å². The summed E-state index contributed by atoms with van der Waals surface area (Å²) >= 11 is 0. The van der Waals surface area contributed by atoms with Gasteiger partial charge in [-0.15, -0.1) is 0 Å². The van der Waals surface area contributed by atoms with E-state index in [-0.39, 0.29) is 0 Å². The van der Waals surface area contributed by atoms with Gasteiger partial charge in [-0.1, -0.05) is 6.58 Å². The summed E-state index contributed by atoms with van der Waals surface area (Å²) in [7, 11) is 1.97. The number of rotatable bonds is 0. The highest BCUT2D eigenvalue weighted by molar-refractivity contribution is 6.06. The molecule has 1 aliphatic rings. The maximum Gasteiger partial charge on any atom is 0.0872 e. The summed E-state index contributed by atoms with van der Waals surface area (Å²) in [6, 6.07) is 5.70. The van der Waals surface area contributed by atoms with Crippen molar-refractivity contribution >= 4 is 22.8 Å². The van der Waals surface area contributed by atoms with Gasteiger partial charge in [0.2, 0.25) is 0 Å². The molecule has 0 aliphatic carbocycles. The van der Waals surface area contributed by atoms with Crippen molar-refractivity contribution in [2.24, 2.45) is 4.99 Å². The Balaban J connectivity index is 2.63. The Morgan fingerprint density at radius 3 is 2.86 bits per heavy atom. The van der Waals surface area contributed by atoms with Crippen molar-refractivity contribution in [3.05, 3.63) is 30.5 Å². The van der Waals surface area contributed by atoms with E-state index < -0.39 is 0 Å². The van der Waals surface area contributed by atoms with Gasteiger partial charge in [-0.2, -0.15) is 0 Å². The smallest absolute Gasteiger partial charge is 0.0872 e. The molecule has 3 nitrogen and oxygen atoms in total. The van der Waals surface area contributed by atoms with Crippen LogP contribution >= 0.6 is 0 Å². The van der Waals surface area contributed by atoms with E-state index in [1.807, 2.05) is 37.1 Å². The Kier molecular flexibility index (Phi) is 1.81. The molecular weight excluding hydrogens is 174 g/mol. The van der Waals surface area contributed by atoms with Crippen LogP contribution in [0.25, 0.3) is 0 Å². The number of allylic oxidation sites excluding steroid dienone is 1. The molecule has 0 fully saturated rings. The fourth-order valence-electron chi connectivity index (χ4n) is 1.54. The van der Waals surface area contributed by atoms with E-state index in [9.17, 15) is 0 Å². The van der Waals surface area contributed by atoms with Gasteiger partial charge in [0.25, 0.3) is 0 Å². The summed E-state index contributed by atoms with van der Waals surface area (Å²) in [5.74, 6) is 0. The third-order valence-corrected chi connectivity index (χ3v) is 2.47. The summed E-state index contributed by atoms with van der Waals surface area (Å²) in [5.41, 5.74) is 10.3. The Morgan fingerprint density at radius 1 is 1.43 bits per heavy atom. The van der Waals surface area contributed by atoms with E-state index in [4.69, 9.17) is 5.73 Å². The fourth-order valence-corrected chi connectivity index (χ4v) is 1.54. The predicted octanol–water partition coefficient (Wildman–Crippen LogP) is 2.32. The zero-order valence-electron chi connectivity index (χ0n) is 8.41. The minimum atomic E-state index is 0.748. The molecule has 2 N–H and O–H groups in total. The second kappa shape index (κ2) is 2.87. The van der Waals surface area contributed by atoms with Gasteiger partial charge in [0.05, 0.1) is 22.8 Å². The van der Waals surface area contributed by atoms with Crippen LogP contribution < -0.4 is 10.6 Å². The molecule has 14 heavy (non-hydrogen) atoms. The Morgan fingerprint density at radius 2 is 2.14 bits per heavy atom. The lowest BCUT2D eigenvalue weighted by Gasteiger charge is -2.27. The molecule has 0 atom stereocenters. The predicted molar refractivity (Wildman–Crippen MR) is 61.2 cm³/mol. The average Bonchev–Trinajstić information content (AvgIpc) is 2.16. The lowest BCUT2D eigenvalue weighted by Crippen LogP contribution is -2.23. The van der Waals surface area contributed by atoms with Gasteiger partial charge in [0.15, 0.2) is 0 Å². The van der Waals surface area contributed by atoms with Gasteiger partial charge in [0, 0.05) is 12.7 Å². The molecule has 0 saturated carbocycles. The van der Waals surface area contributed by atoms with Crippen molar-refractivity contribution in [2.45, 2.75) is 6.92 Å².